The van der Waals surface area contributed by atoms with E-state index in [1.54, 1.807) is 30.3 Å². The molecule has 1 atom stereocenters. The zero-order chi connectivity index (χ0) is 20.1. The fourth-order valence-electron chi connectivity index (χ4n) is 3.33. The second kappa shape index (κ2) is 10.2. The maximum absolute atomic E-state index is 13.0. The molecule has 0 spiro atoms. The number of halogens is 2. The standard InChI is InChI=1S/C22H23FN4O2.ClH/c23-17-8-6-16(7-9-17)15-29-20-5-1-3-18(13-20)25-22(28)21-10-12-27(26-21)19-4-2-11-24-14-19;/h1,3,5-10,12-13,19,24H,2,4,11,14-15H2,(H,25,28);1H. The number of hydrogen-bond acceptors (Lipinski definition) is 4. The van der Waals surface area contributed by atoms with Crippen LogP contribution in [0.4, 0.5) is 10.1 Å². The number of carbonyl (C=O) groups is 1. The van der Waals surface area contributed by atoms with Crippen LogP contribution in [0.5, 0.6) is 5.75 Å². The molecule has 8 heteroatoms. The van der Waals surface area contributed by atoms with Gasteiger partial charge in [-0.15, -0.1) is 12.4 Å². The SMILES string of the molecule is Cl.O=C(Nc1cccc(OCc2ccc(F)cc2)c1)c1ccn(C2CCCNC2)n1. The van der Waals surface area contributed by atoms with Crippen LogP contribution in [0.2, 0.25) is 0 Å². The van der Waals surface area contributed by atoms with Crippen LogP contribution in [0, 0.1) is 5.82 Å². The van der Waals surface area contributed by atoms with Gasteiger partial charge in [0, 0.05) is 24.5 Å². The van der Waals surface area contributed by atoms with Crippen LogP contribution in [-0.2, 0) is 6.61 Å². The third-order valence-corrected chi connectivity index (χ3v) is 4.90. The Kier molecular flexibility index (Phi) is 7.43. The number of rotatable bonds is 6. The molecule has 1 aromatic heterocycles. The highest BCUT2D eigenvalue weighted by molar-refractivity contribution is 6.02. The molecule has 6 nitrogen and oxygen atoms in total. The highest BCUT2D eigenvalue weighted by Crippen LogP contribution is 2.20. The predicted octanol–water partition coefficient (Wildman–Crippen LogP) is 4.20. The molecular weight excluding hydrogens is 407 g/mol. The second-order valence-electron chi connectivity index (χ2n) is 7.08. The summed E-state index contributed by atoms with van der Waals surface area (Å²) >= 11 is 0. The van der Waals surface area contributed by atoms with Gasteiger partial charge in [0.05, 0.1) is 6.04 Å². The molecule has 1 unspecified atom stereocenters. The molecule has 0 aliphatic carbocycles. The van der Waals surface area contributed by atoms with Gasteiger partial charge < -0.3 is 15.4 Å². The summed E-state index contributed by atoms with van der Waals surface area (Å²) in [5.74, 6) is 0.0785. The van der Waals surface area contributed by atoms with Crippen molar-refractivity contribution in [2.75, 3.05) is 18.4 Å². The first kappa shape index (κ1) is 21.8. The number of ether oxygens (including phenoxy) is 1. The number of benzene rings is 2. The normalized spacial score (nSPS) is 15.8. The fraction of sp³-hybridized carbons (Fsp3) is 0.273. The largest absolute Gasteiger partial charge is 0.489 e. The molecule has 158 valence electrons. The Morgan fingerprint density at radius 2 is 2.07 bits per heavy atom. The van der Waals surface area contributed by atoms with E-state index >= 15 is 0 Å². The smallest absolute Gasteiger partial charge is 0.276 e. The Labute approximate surface area is 180 Å². The lowest BCUT2D eigenvalue weighted by atomic mass is 10.1. The first-order chi connectivity index (χ1) is 14.2. The zero-order valence-corrected chi connectivity index (χ0v) is 17.2. The van der Waals surface area contributed by atoms with E-state index in [-0.39, 0.29) is 30.2 Å². The fourth-order valence-corrected chi connectivity index (χ4v) is 3.33. The van der Waals surface area contributed by atoms with Gasteiger partial charge in [0.15, 0.2) is 5.69 Å². The van der Waals surface area contributed by atoms with E-state index in [4.69, 9.17) is 4.74 Å². The van der Waals surface area contributed by atoms with Crippen LogP contribution < -0.4 is 15.4 Å². The van der Waals surface area contributed by atoms with Crippen molar-refractivity contribution in [1.29, 1.82) is 0 Å². The minimum atomic E-state index is -0.277. The zero-order valence-electron chi connectivity index (χ0n) is 16.4. The average Bonchev–Trinajstić information content (AvgIpc) is 3.25. The van der Waals surface area contributed by atoms with Gasteiger partial charge in [-0.25, -0.2) is 4.39 Å². The van der Waals surface area contributed by atoms with Gasteiger partial charge in [0.25, 0.3) is 5.91 Å². The van der Waals surface area contributed by atoms with Crippen molar-refractivity contribution in [2.45, 2.75) is 25.5 Å². The molecular formula is C22H24ClFN4O2. The molecule has 2 N–H and O–H groups in total. The average molecular weight is 431 g/mol. The van der Waals surface area contributed by atoms with Gasteiger partial charge in [-0.1, -0.05) is 18.2 Å². The Morgan fingerprint density at radius 3 is 2.83 bits per heavy atom. The molecule has 30 heavy (non-hydrogen) atoms. The second-order valence-corrected chi connectivity index (χ2v) is 7.08. The molecule has 1 amide bonds. The summed E-state index contributed by atoms with van der Waals surface area (Å²) in [5.41, 5.74) is 1.87. The van der Waals surface area contributed by atoms with Gasteiger partial charge in [0.1, 0.15) is 18.2 Å². The lowest BCUT2D eigenvalue weighted by Gasteiger charge is -2.22. The Balaban J connectivity index is 0.00000256. The molecule has 2 aromatic carbocycles. The molecule has 0 radical (unpaired) electrons. The summed E-state index contributed by atoms with van der Waals surface area (Å²) in [6.45, 7) is 2.22. The summed E-state index contributed by atoms with van der Waals surface area (Å²) in [4.78, 5) is 12.6. The van der Waals surface area contributed by atoms with Crippen molar-refractivity contribution < 1.29 is 13.9 Å². The number of nitrogens with zero attached hydrogens (tertiary/aromatic N) is 2. The number of hydrogen-bond donors (Lipinski definition) is 2. The first-order valence-corrected chi connectivity index (χ1v) is 9.72. The molecule has 1 aliphatic rings. The van der Waals surface area contributed by atoms with Gasteiger partial charge in [-0.3, -0.25) is 9.48 Å². The van der Waals surface area contributed by atoms with Crippen molar-refractivity contribution >= 4 is 24.0 Å². The van der Waals surface area contributed by atoms with Crippen LogP contribution >= 0.6 is 12.4 Å². The number of amides is 1. The summed E-state index contributed by atoms with van der Waals surface area (Å²) < 4.78 is 20.6. The van der Waals surface area contributed by atoms with Crippen molar-refractivity contribution in [3.8, 4) is 5.75 Å². The molecule has 0 saturated carbocycles. The minimum Gasteiger partial charge on any atom is -0.489 e. The van der Waals surface area contributed by atoms with Crippen LogP contribution in [0.1, 0.15) is 34.9 Å². The van der Waals surface area contributed by atoms with E-state index in [1.807, 2.05) is 23.0 Å². The van der Waals surface area contributed by atoms with E-state index in [0.717, 1.165) is 31.5 Å². The summed E-state index contributed by atoms with van der Waals surface area (Å²) in [7, 11) is 0. The predicted molar refractivity (Wildman–Crippen MR) is 116 cm³/mol. The maximum atomic E-state index is 13.0. The van der Waals surface area contributed by atoms with E-state index in [9.17, 15) is 9.18 Å². The Bertz CT molecular complexity index is 971. The maximum Gasteiger partial charge on any atom is 0.276 e. The van der Waals surface area contributed by atoms with Crippen molar-refractivity contribution in [2.24, 2.45) is 0 Å². The van der Waals surface area contributed by atoms with E-state index in [2.05, 4.69) is 15.7 Å². The third kappa shape index (κ3) is 5.58. The van der Waals surface area contributed by atoms with Crippen molar-refractivity contribution in [3.63, 3.8) is 0 Å². The van der Waals surface area contributed by atoms with Gasteiger partial charge in [0.2, 0.25) is 0 Å². The molecule has 2 heterocycles. The lowest BCUT2D eigenvalue weighted by Crippen LogP contribution is -2.32. The molecule has 4 rings (SSSR count). The van der Waals surface area contributed by atoms with E-state index < -0.39 is 0 Å². The first-order valence-electron chi connectivity index (χ1n) is 9.72. The monoisotopic (exact) mass is 430 g/mol. The van der Waals surface area contributed by atoms with Crippen LogP contribution in [0.25, 0.3) is 0 Å². The van der Waals surface area contributed by atoms with E-state index in [0.29, 0.717) is 23.7 Å². The van der Waals surface area contributed by atoms with Crippen molar-refractivity contribution in [1.82, 2.24) is 15.1 Å². The van der Waals surface area contributed by atoms with Gasteiger partial charge in [-0.2, -0.15) is 5.10 Å². The molecule has 1 saturated heterocycles. The van der Waals surface area contributed by atoms with Crippen LogP contribution in [0.15, 0.2) is 60.8 Å². The Morgan fingerprint density at radius 1 is 1.23 bits per heavy atom. The highest BCUT2D eigenvalue weighted by atomic mass is 35.5. The molecule has 1 aliphatic heterocycles. The Hall–Kier alpha value is -2.90. The molecule has 1 fully saturated rings. The van der Waals surface area contributed by atoms with Gasteiger partial charge in [-0.05, 0) is 55.3 Å². The number of aromatic nitrogens is 2. The number of piperidine rings is 1. The number of carbonyl (C=O) groups excluding carboxylic acids is 1. The minimum absolute atomic E-state index is 0. The summed E-state index contributed by atoms with van der Waals surface area (Å²) in [5, 5.41) is 10.6. The number of anilines is 1. The summed E-state index contributed by atoms with van der Waals surface area (Å²) in [6, 6.07) is 15.3. The van der Waals surface area contributed by atoms with E-state index in [1.165, 1.54) is 12.1 Å². The van der Waals surface area contributed by atoms with Gasteiger partial charge >= 0.3 is 0 Å². The quantitative estimate of drug-likeness (QED) is 0.615. The number of nitrogens with one attached hydrogen (secondary N) is 2. The molecule has 3 aromatic rings. The van der Waals surface area contributed by atoms with Crippen LogP contribution in [-0.4, -0.2) is 28.8 Å². The molecule has 0 bridgehead atoms. The van der Waals surface area contributed by atoms with Crippen LogP contribution in [0.3, 0.4) is 0 Å². The topological polar surface area (TPSA) is 68.2 Å². The summed E-state index contributed by atoms with van der Waals surface area (Å²) in [6.07, 6.45) is 4.02. The lowest BCUT2D eigenvalue weighted by molar-refractivity contribution is 0.102. The third-order valence-electron chi connectivity index (χ3n) is 4.90. The highest BCUT2D eigenvalue weighted by Gasteiger charge is 2.17. The van der Waals surface area contributed by atoms with Crippen molar-refractivity contribution in [3.05, 3.63) is 77.9 Å².